The van der Waals surface area contributed by atoms with Crippen molar-refractivity contribution in [3.63, 3.8) is 0 Å². The number of anilines is 1. The highest BCUT2D eigenvalue weighted by atomic mass is 35.5. The molecule has 1 aromatic rings. The molecule has 0 aliphatic heterocycles. The average Bonchev–Trinajstić information content (AvgIpc) is 2.45. The SMILES string of the molecule is CCCCCCCCCCNc1cc(Cl)nc(CC)n1. The van der Waals surface area contributed by atoms with Crippen molar-refractivity contribution in [2.75, 3.05) is 11.9 Å². The van der Waals surface area contributed by atoms with Crippen LogP contribution in [0.25, 0.3) is 0 Å². The molecule has 0 aromatic carbocycles. The van der Waals surface area contributed by atoms with Gasteiger partial charge in [-0.3, -0.25) is 0 Å². The Balaban J connectivity index is 2.08. The predicted molar refractivity (Wildman–Crippen MR) is 87.5 cm³/mol. The molecule has 0 amide bonds. The third-order valence-electron chi connectivity index (χ3n) is 3.39. The van der Waals surface area contributed by atoms with Gasteiger partial charge in [-0.2, -0.15) is 0 Å². The van der Waals surface area contributed by atoms with E-state index < -0.39 is 0 Å². The van der Waals surface area contributed by atoms with Crippen LogP contribution in [-0.4, -0.2) is 16.5 Å². The van der Waals surface area contributed by atoms with Gasteiger partial charge in [0.05, 0.1) is 0 Å². The Bertz CT molecular complexity index is 369. The molecule has 0 saturated heterocycles. The lowest BCUT2D eigenvalue weighted by Crippen LogP contribution is -2.05. The number of aromatic nitrogens is 2. The average molecular weight is 298 g/mol. The first-order valence-corrected chi connectivity index (χ1v) is 8.41. The van der Waals surface area contributed by atoms with E-state index in [1.165, 1.54) is 51.4 Å². The lowest BCUT2D eigenvalue weighted by molar-refractivity contribution is 0.581. The van der Waals surface area contributed by atoms with Gasteiger partial charge < -0.3 is 5.32 Å². The van der Waals surface area contributed by atoms with Crippen molar-refractivity contribution in [1.82, 2.24) is 9.97 Å². The van der Waals surface area contributed by atoms with E-state index in [1.807, 2.05) is 6.92 Å². The Kier molecular flexibility index (Phi) is 9.38. The predicted octanol–water partition coefficient (Wildman–Crippen LogP) is 5.25. The quantitative estimate of drug-likeness (QED) is 0.448. The van der Waals surface area contributed by atoms with E-state index in [0.29, 0.717) is 5.15 Å². The fourth-order valence-corrected chi connectivity index (χ4v) is 2.39. The Hall–Kier alpha value is -0.830. The number of nitrogens with one attached hydrogen (secondary N) is 1. The molecule has 0 unspecified atom stereocenters. The van der Waals surface area contributed by atoms with Gasteiger partial charge in [0, 0.05) is 19.0 Å². The summed E-state index contributed by atoms with van der Waals surface area (Å²) in [7, 11) is 0. The van der Waals surface area contributed by atoms with Crippen LogP contribution >= 0.6 is 11.6 Å². The van der Waals surface area contributed by atoms with Gasteiger partial charge in [0.25, 0.3) is 0 Å². The summed E-state index contributed by atoms with van der Waals surface area (Å²) in [4.78, 5) is 8.57. The summed E-state index contributed by atoms with van der Waals surface area (Å²) in [6.45, 7) is 5.26. The highest BCUT2D eigenvalue weighted by molar-refractivity contribution is 6.29. The van der Waals surface area contributed by atoms with Gasteiger partial charge in [-0.15, -0.1) is 0 Å². The minimum atomic E-state index is 0.523. The molecule has 4 heteroatoms. The molecule has 0 aliphatic rings. The van der Waals surface area contributed by atoms with E-state index in [-0.39, 0.29) is 0 Å². The minimum absolute atomic E-state index is 0.523. The number of rotatable bonds is 11. The third kappa shape index (κ3) is 7.68. The van der Waals surface area contributed by atoms with Crippen LogP contribution in [0.2, 0.25) is 5.15 Å². The molecule has 0 fully saturated rings. The van der Waals surface area contributed by atoms with Crippen LogP contribution in [0.3, 0.4) is 0 Å². The maximum atomic E-state index is 5.96. The molecule has 0 spiro atoms. The minimum Gasteiger partial charge on any atom is -0.370 e. The van der Waals surface area contributed by atoms with Gasteiger partial charge in [0.15, 0.2) is 0 Å². The molecule has 20 heavy (non-hydrogen) atoms. The fraction of sp³-hybridized carbons (Fsp3) is 0.750. The molecule has 1 rings (SSSR count). The number of unbranched alkanes of at least 4 members (excludes halogenated alkanes) is 7. The summed E-state index contributed by atoms with van der Waals surface area (Å²) in [6, 6.07) is 1.80. The van der Waals surface area contributed by atoms with Crippen LogP contribution < -0.4 is 5.32 Å². The van der Waals surface area contributed by atoms with Crippen molar-refractivity contribution in [3.05, 3.63) is 17.0 Å². The lowest BCUT2D eigenvalue weighted by atomic mass is 10.1. The number of hydrogen-bond donors (Lipinski definition) is 1. The smallest absolute Gasteiger partial charge is 0.134 e. The molecular weight excluding hydrogens is 270 g/mol. The van der Waals surface area contributed by atoms with Gasteiger partial charge in [-0.1, -0.05) is 70.4 Å². The van der Waals surface area contributed by atoms with Crippen LogP contribution in [0.1, 0.15) is 71.0 Å². The molecule has 1 heterocycles. The number of hydrogen-bond acceptors (Lipinski definition) is 3. The topological polar surface area (TPSA) is 37.8 Å². The molecule has 0 radical (unpaired) electrons. The van der Waals surface area contributed by atoms with E-state index in [1.54, 1.807) is 6.07 Å². The van der Waals surface area contributed by atoms with Crippen LogP contribution in [0, 0.1) is 0 Å². The lowest BCUT2D eigenvalue weighted by Gasteiger charge is -2.07. The second-order valence-electron chi connectivity index (χ2n) is 5.25. The summed E-state index contributed by atoms with van der Waals surface area (Å²) in [5, 5.41) is 3.86. The van der Waals surface area contributed by atoms with Crippen molar-refractivity contribution >= 4 is 17.4 Å². The van der Waals surface area contributed by atoms with E-state index >= 15 is 0 Å². The Morgan fingerprint density at radius 2 is 1.60 bits per heavy atom. The summed E-state index contributed by atoms with van der Waals surface area (Å²) in [5.41, 5.74) is 0. The summed E-state index contributed by atoms with van der Waals surface area (Å²) < 4.78 is 0. The normalized spacial score (nSPS) is 10.8. The first-order chi connectivity index (χ1) is 9.76. The molecule has 1 N–H and O–H groups in total. The molecule has 0 aliphatic carbocycles. The van der Waals surface area contributed by atoms with E-state index in [0.717, 1.165) is 24.6 Å². The largest absolute Gasteiger partial charge is 0.370 e. The zero-order valence-corrected chi connectivity index (χ0v) is 13.7. The van der Waals surface area contributed by atoms with Crippen LogP contribution in [0.15, 0.2) is 6.07 Å². The summed E-state index contributed by atoms with van der Waals surface area (Å²) in [5.74, 6) is 1.65. The highest BCUT2D eigenvalue weighted by Crippen LogP contribution is 2.13. The van der Waals surface area contributed by atoms with Crippen LogP contribution in [0.5, 0.6) is 0 Å². The van der Waals surface area contributed by atoms with Crippen LogP contribution in [0.4, 0.5) is 5.82 Å². The molecular formula is C16H28ClN3. The summed E-state index contributed by atoms with van der Waals surface area (Å²) >= 11 is 5.96. The maximum Gasteiger partial charge on any atom is 0.134 e. The zero-order valence-electron chi connectivity index (χ0n) is 12.9. The van der Waals surface area contributed by atoms with E-state index in [2.05, 4.69) is 22.2 Å². The van der Waals surface area contributed by atoms with Crippen molar-refractivity contribution < 1.29 is 0 Å². The van der Waals surface area contributed by atoms with Gasteiger partial charge in [-0.25, -0.2) is 9.97 Å². The Morgan fingerprint density at radius 1 is 0.950 bits per heavy atom. The second-order valence-corrected chi connectivity index (χ2v) is 5.63. The molecule has 0 atom stereocenters. The van der Waals surface area contributed by atoms with Gasteiger partial charge in [0.2, 0.25) is 0 Å². The maximum absolute atomic E-state index is 5.96. The second kappa shape index (κ2) is 10.9. The van der Waals surface area contributed by atoms with Crippen LogP contribution in [-0.2, 0) is 6.42 Å². The molecule has 114 valence electrons. The summed E-state index contributed by atoms with van der Waals surface area (Å²) in [6.07, 6.45) is 11.5. The van der Waals surface area contributed by atoms with Gasteiger partial charge >= 0.3 is 0 Å². The van der Waals surface area contributed by atoms with Gasteiger partial charge in [0.1, 0.15) is 16.8 Å². The molecule has 1 aromatic heterocycles. The number of nitrogens with zero attached hydrogens (tertiary/aromatic N) is 2. The number of halogens is 1. The highest BCUT2D eigenvalue weighted by Gasteiger charge is 2.01. The Labute approximate surface area is 128 Å². The first-order valence-electron chi connectivity index (χ1n) is 8.03. The monoisotopic (exact) mass is 297 g/mol. The van der Waals surface area contributed by atoms with Crippen molar-refractivity contribution in [3.8, 4) is 0 Å². The first kappa shape index (κ1) is 17.2. The molecule has 0 saturated carbocycles. The van der Waals surface area contributed by atoms with Crippen molar-refractivity contribution in [2.24, 2.45) is 0 Å². The standard InChI is InChI=1S/C16H28ClN3/c1-3-5-6-7-8-9-10-11-12-18-16-13-14(17)19-15(4-2)20-16/h13H,3-12H2,1-2H3,(H,18,19,20). The van der Waals surface area contributed by atoms with E-state index in [9.17, 15) is 0 Å². The Morgan fingerprint density at radius 3 is 2.25 bits per heavy atom. The number of aryl methyl sites for hydroxylation is 1. The fourth-order valence-electron chi connectivity index (χ4n) is 2.19. The van der Waals surface area contributed by atoms with Crippen molar-refractivity contribution in [1.29, 1.82) is 0 Å². The van der Waals surface area contributed by atoms with E-state index in [4.69, 9.17) is 11.6 Å². The zero-order chi connectivity index (χ0) is 14.6. The molecule has 3 nitrogen and oxygen atoms in total. The molecule has 0 bridgehead atoms. The van der Waals surface area contributed by atoms with Crippen molar-refractivity contribution in [2.45, 2.75) is 71.6 Å². The third-order valence-corrected chi connectivity index (χ3v) is 3.59. The van der Waals surface area contributed by atoms with Gasteiger partial charge in [-0.05, 0) is 6.42 Å².